The molecule has 2 atom stereocenters. The van der Waals surface area contributed by atoms with Crippen molar-refractivity contribution >= 4 is 17.2 Å². The lowest BCUT2D eigenvalue weighted by molar-refractivity contribution is -0.120. The molecule has 140 valence electrons. The molecule has 1 aliphatic rings. The van der Waals surface area contributed by atoms with Crippen molar-refractivity contribution in [3.05, 3.63) is 41.4 Å². The van der Waals surface area contributed by atoms with Crippen LogP contribution < -0.4 is 5.32 Å². The van der Waals surface area contributed by atoms with Crippen molar-refractivity contribution in [2.75, 3.05) is 26.2 Å². The number of thiazole rings is 1. The molecule has 1 saturated heterocycles. The van der Waals surface area contributed by atoms with Crippen molar-refractivity contribution in [2.24, 2.45) is 0 Å². The molecule has 26 heavy (non-hydrogen) atoms. The number of morpholine rings is 1. The van der Waals surface area contributed by atoms with Gasteiger partial charge in [0.05, 0.1) is 24.3 Å². The van der Waals surface area contributed by atoms with Gasteiger partial charge in [-0.15, -0.1) is 11.3 Å². The largest absolute Gasteiger partial charge is 0.373 e. The van der Waals surface area contributed by atoms with Crippen molar-refractivity contribution in [1.82, 2.24) is 15.2 Å². The van der Waals surface area contributed by atoms with E-state index in [0.29, 0.717) is 13.0 Å². The van der Waals surface area contributed by atoms with E-state index in [1.165, 1.54) is 0 Å². The number of carbonyl (C=O) groups is 1. The van der Waals surface area contributed by atoms with E-state index in [4.69, 9.17) is 4.74 Å². The van der Waals surface area contributed by atoms with Crippen molar-refractivity contribution in [3.8, 4) is 10.6 Å². The minimum absolute atomic E-state index is 0.0404. The Kier molecular flexibility index (Phi) is 6.77. The third-order valence-electron chi connectivity index (χ3n) is 4.38. The molecule has 0 spiro atoms. The van der Waals surface area contributed by atoms with E-state index in [0.717, 1.165) is 42.3 Å². The summed E-state index contributed by atoms with van der Waals surface area (Å²) in [6.07, 6.45) is 1.88. The quantitative estimate of drug-likeness (QED) is 0.758. The highest BCUT2D eigenvalue weighted by Crippen LogP contribution is 2.23. The maximum absolute atomic E-state index is 12.1. The number of nitrogens with one attached hydrogen (secondary N) is 1. The van der Waals surface area contributed by atoms with Gasteiger partial charge in [0.2, 0.25) is 5.91 Å². The van der Waals surface area contributed by atoms with Gasteiger partial charge in [0.25, 0.3) is 0 Å². The number of rotatable bonds is 7. The number of aromatic nitrogens is 1. The van der Waals surface area contributed by atoms with E-state index in [1.54, 1.807) is 11.3 Å². The first-order valence-corrected chi connectivity index (χ1v) is 10.1. The lowest BCUT2D eigenvalue weighted by Crippen LogP contribution is -2.46. The first-order chi connectivity index (χ1) is 12.6. The fourth-order valence-corrected chi connectivity index (χ4v) is 4.15. The Morgan fingerprint density at radius 1 is 1.27 bits per heavy atom. The van der Waals surface area contributed by atoms with Gasteiger partial charge in [0, 0.05) is 37.1 Å². The van der Waals surface area contributed by atoms with E-state index < -0.39 is 0 Å². The first-order valence-electron chi connectivity index (χ1n) is 9.24. The van der Waals surface area contributed by atoms with Crippen LogP contribution in [0.1, 0.15) is 26.0 Å². The number of hydrogen-bond donors (Lipinski definition) is 1. The summed E-state index contributed by atoms with van der Waals surface area (Å²) in [5.41, 5.74) is 1.93. The summed E-state index contributed by atoms with van der Waals surface area (Å²) >= 11 is 1.58. The van der Waals surface area contributed by atoms with Crippen molar-refractivity contribution in [1.29, 1.82) is 0 Å². The lowest BCUT2D eigenvalue weighted by atomic mass is 10.2. The third kappa shape index (κ3) is 5.62. The summed E-state index contributed by atoms with van der Waals surface area (Å²) in [6.45, 7) is 7.87. The highest BCUT2D eigenvalue weighted by molar-refractivity contribution is 7.13. The molecule has 0 radical (unpaired) electrons. The van der Waals surface area contributed by atoms with Crippen LogP contribution in [0.3, 0.4) is 0 Å². The Balaban J connectivity index is 1.37. The van der Waals surface area contributed by atoms with Crippen LogP contribution in [-0.2, 0) is 16.0 Å². The molecule has 1 aromatic carbocycles. The van der Waals surface area contributed by atoms with Gasteiger partial charge in [-0.25, -0.2) is 4.98 Å². The van der Waals surface area contributed by atoms with E-state index in [9.17, 15) is 4.79 Å². The predicted molar refractivity (Wildman–Crippen MR) is 105 cm³/mol. The Hall–Kier alpha value is -1.76. The lowest BCUT2D eigenvalue weighted by Gasteiger charge is -2.35. The van der Waals surface area contributed by atoms with Crippen LogP contribution >= 0.6 is 11.3 Å². The van der Waals surface area contributed by atoms with Crippen molar-refractivity contribution < 1.29 is 9.53 Å². The first kappa shape index (κ1) is 19.0. The monoisotopic (exact) mass is 373 g/mol. The molecule has 1 fully saturated rings. The molecular weight excluding hydrogens is 346 g/mol. The number of benzene rings is 1. The molecule has 5 nitrogen and oxygen atoms in total. The third-order valence-corrected chi connectivity index (χ3v) is 5.32. The van der Waals surface area contributed by atoms with Crippen LogP contribution in [0.4, 0.5) is 0 Å². The normalized spacial score (nSPS) is 20.8. The fraction of sp³-hybridized carbons (Fsp3) is 0.500. The zero-order valence-corrected chi connectivity index (χ0v) is 16.3. The van der Waals surface area contributed by atoms with Gasteiger partial charge in [-0.1, -0.05) is 30.3 Å². The van der Waals surface area contributed by atoms with Crippen LogP contribution in [0.15, 0.2) is 35.7 Å². The summed E-state index contributed by atoms with van der Waals surface area (Å²) in [5, 5.41) is 5.94. The smallest absolute Gasteiger partial charge is 0.226 e. The van der Waals surface area contributed by atoms with Gasteiger partial charge in [-0.05, 0) is 20.3 Å². The SMILES string of the molecule is C[C@@H]1CN(CCCNC(=O)Cc2csc(-c3ccccc3)n2)C[C@H](C)O1. The summed E-state index contributed by atoms with van der Waals surface area (Å²) in [6, 6.07) is 10.1. The van der Waals surface area contributed by atoms with Crippen LogP contribution in [0.2, 0.25) is 0 Å². The van der Waals surface area contributed by atoms with Crippen LogP contribution in [-0.4, -0.2) is 54.2 Å². The standard InChI is InChI=1S/C20H27N3O2S/c1-15-12-23(13-16(2)25-15)10-6-9-21-19(24)11-18-14-26-20(22-18)17-7-4-3-5-8-17/h3-5,7-8,14-16H,6,9-13H2,1-2H3,(H,21,24)/t15-,16+. The molecule has 3 rings (SSSR count). The molecule has 0 bridgehead atoms. The molecule has 0 saturated carbocycles. The highest BCUT2D eigenvalue weighted by atomic mass is 32.1. The van der Waals surface area contributed by atoms with Crippen LogP contribution in [0.5, 0.6) is 0 Å². The average molecular weight is 374 g/mol. The second-order valence-corrected chi connectivity index (χ2v) is 7.77. The summed E-state index contributed by atoms with van der Waals surface area (Å²) in [4.78, 5) is 19.1. The number of amides is 1. The highest BCUT2D eigenvalue weighted by Gasteiger charge is 2.21. The summed E-state index contributed by atoms with van der Waals surface area (Å²) < 4.78 is 5.74. The molecule has 1 aromatic heterocycles. The maximum atomic E-state index is 12.1. The number of nitrogens with zero attached hydrogens (tertiary/aromatic N) is 2. The van der Waals surface area contributed by atoms with Crippen LogP contribution in [0, 0.1) is 0 Å². The summed E-state index contributed by atoms with van der Waals surface area (Å²) in [5.74, 6) is 0.0404. The molecule has 0 aliphatic carbocycles. The zero-order valence-electron chi connectivity index (χ0n) is 15.5. The minimum atomic E-state index is 0.0404. The van der Waals surface area contributed by atoms with Gasteiger partial charge >= 0.3 is 0 Å². The molecule has 2 aromatic rings. The molecule has 1 N–H and O–H groups in total. The maximum Gasteiger partial charge on any atom is 0.226 e. The molecule has 2 heterocycles. The van der Waals surface area contributed by atoms with Gasteiger partial charge in [0.1, 0.15) is 5.01 Å². The number of ether oxygens (including phenoxy) is 1. The number of carbonyl (C=O) groups excluding carboxylic acids is 1. The van der Waals surface area contributed by atoms with Crippen LogP contribution in [0.25, 0.3) is 10.6 Å². The molecular formula is C20H27N3O2S. The summed E-state index contributed by atoms with van der Waals surface area (Å²) in [7, 11) is 0. The molecule has 6 heteroatoms. The molecule has 1 aliphatic heterocycles. The number of hydrogen-bond acceptors (Lipinski definition) is 5. The Morgan fingerprint density at radius 3 is 2.73 bits per heavy atom. The predicted octanol–water partition coefficient (Wildman–Crippen LogP) is 2.97. The van der Waals surface area contributed by atoms with Crippen molar-refractivity contribution in [2.45, 2.75) is 38.9 Å². The zero-order chi connectivity index (χ0) is 18.4. The topological polar surface area (TPSA) is 54.5 Å². The van der Waals surface area contributed by atoms with Crippen molar-refractivity contribution in [3.63, 3.8) is 0 Å². The van der Waals surface area contributed by atoms with Gasteiger partial charge in [-0.3, -0.25) is 9.69 Å². The van der Waals surface area contributed by atoms with Gasteiger partial charge in [0.15, 0.2) is 0 Å². The Morgan fingerprint density at radius 2 is 2.00 bits per heavy atom. The second kappa shape index (κ2) is 9.26. The van der Waals surface area contributed by atoms with E-state index >= 15 is 0 Å². The minimum Gasteiger partial charge on any atom is -0.373 e. The van der Waals surface area contributed by atoms with E-state index in [1.807, 2.05) is 35.7 Å². The Labute approximate surface area is 159 Å². The molecule has 1 amide bonds. The van der Waals surface area contributed by atoms with Gasteiger partial charge in [-0.2, -0.15) is 0 Å². The second-order valence-electron chi connectivity index (χ2n) is 6.91. The van der Waals surface area contributed by atoms with E-state index in [-0.39, 0.29) is 18.1 Å². The van der Waals surface area contributed by atoms with E-state index in [2.05, 4.69) is 29.0 Å². The molecule has 0 unspecified atom stereocenters. The van der Waals surface area contributed by atoms with Gasteiger partial charge < -0.3 is 10.1 Å². The fourth-order valence-electron chi connectivity index (χ4n) is 3.33. The Bertz CT molecular complexity index is 694. The average Bonchev–Trinajstić information content (AvgIpc) is 3.07.